The number of nitrogens with two attached hydrogens (primary N) is 1. The molecule has 0 bridgehead atoms. The topological polar surface area (TPSA) is 38.9 Å². The molecule has 1 aliphatic carbocycles. The van der Waals surface area contributed by atoms with Crippen LogP contribution in [-0.4, -0.2) is 11.5 Å². The maximum Gasteiger partial charge on any atom is 0.0931 e. The molecule has 1 aliphatic rings. The molecule has 0 radical (unpaired) electrons. The van der Waals surface area contributed by atoms with Crippen molar-refractivity contribution in [2.75, 3.05) is 6.54 Å². The fraction of sp³-hybridized carbons (Fsp3) is 0.786. The normalized spacial score (nSPS) is 19.4. The van der Waals surface area contributed by atoms with Gasteiger partial charge in [-0.1, -0.05) is 26.2 Å². The smallest absolute Gasteiger partial charge is 0.0931 e. The minimum absolute atomic E-state index is 0.672. The zero-order chi connectivity index (χ0) is 12.1. The predicted molar refractivity (Wildman–Crippen MR) is 74.5 cm³/mol. The zero-order valence-electron chi connectivity index (χ0n) is 10.8. The SMILES string of the molecule is CC(CCN)Cc1nc(C2CCCCC2)cs1. The van der Waals surface area contributed by atoms with Crippen LogP contribution in [0.5, 0.6) is 0 Å². The molecule has 3 heteroatoms. The van der Waals surface area contributed by atoms with Gasteiger partial charge in [-0.05, 0) is 31.7 Å². The van der Waals surface area contributed by atoms with Gasteiger partial charge in [0.1, 0.15) is 0 Å². The maximum absolute atomic E-state index is 5.59. The van der Waals surface area contributed by atoms with Crippen LogP contribution in [-0.2, 0) is 6.42 Å². The molecule has 0 saturated heterocycles. The van der Waals surface area contributed by atoms with Crippen LogP contribution in [0.25, 0.3) is 0 Å². The summed E-state index contributed by atoms with van der Waals surface area (Å²) in [5.74, 6) is 1.42. The molecule has 0 amide bonds. The Labute approximate surface area is 109 Å². The number of aromatic nitrogens is 1. The standard InChI is InChI=1S/C14H24N2S/c1-11(7-8-15)9-14-16-13(10-17-14)12-5-3-2-4-6-12/h10-12H,2-9,15H2,1H3. The summed E-state index contributed by atoms with van der Waals surface area (Å²) in [5.41, 5.74) is 6.95. The minimum Gasteiger partial charge on any atom is -0.330 e. The van der Waals surface area contributed by atoms with E-state index in [0.717, 1.165) is 25.3 Å². The van der Waals surface area contributed by atoms with Crippen LogP contribution in [0.3, 0.4) is 0 Å². The Hall–Kier alpha value is -0.410. The van der Waals surface area contributed by atoms with Crippen LogP contribution >= 0.6 is 11.3 Å². The highest BCUT2D eigenvalue weighted by atomic mass is 32.1. The molecule has 2 nitrogen and oxygen atoms in total. The Morgan fingerprint density at radius 1 is 1.41 bits per heavy atom. The Morgan fingerprint density at radius 2 is 2.18 bits per heavy atom. The molecule has 96 valence electrons. The van der Waals surface area contributed by atoms with Crippen LogP contribution in [0.2, 0.25) is 0 Å². The van der Waals surface area contributed by atoms with E-state index in [1.807, 2.05) is 11.3 Å². The third-order valence-corrected chi connectivity index (χ3v) is 4.66. The van der Waals surface area contributed by atoms with Crippen molar-refractivity contribution in [3.63, 3.8) is 0 Å². The molecule has 1 fully saturated rings. The summed E-state index contributed by atoms with van der Waals surface area (Å²) in [6, 6.07) is 0. The van der Waals surface area contributed by atoms with Gasteiger partial charge in [0.25, 0.3) is 0 Å². The van der Waals surface area contributed by atoms with Crippen LogP contribution in [0.15, 0.2) is 5.38 Å². The molecule has 1 atom stereocenters. The lowest BCUT2D eigenvalue weighted by Gasteiger charge is -2.19. The lowest BCUT2D eigenvalue weighted by atomic mass is 9.87. The van der Waals surface area contributed by atoms with E-state index in [0.29, 0.717) is 5.92 Å². The molecule has 1 saturated carbocycles. The third kappa shape index (κ3) is 3.78. The van der Waals surface area contributed by atoms with E-state index in [-0.39, 0.29) is 0 Å². The van der Waals surface area contributed by atoms with Gasteiger partial charge >= 0.3 is 0 Å². The van der Waals surface area contributed by atoms with Crippen molar-refractivity contribution in [2.45, 2.75) is 57.8 Å². The van der Waals surface area contributed by atoms with Gasteiger partial charge in [0.05, 0.1) is 10.7 Å². The Kier molecular flexibility index (Phi) is 4.99. The van der Waals surface area contributed by atoms with E-state index < -0.39 is 0 Å². The summed E-state index contributed by atoms with van der Waals surface area (Å²) in [6.07, 6.45) is 9.11. The fourth-order valence-corrected chi connectivity index (χ4v) is 3.73. The summed E-state index contributed by atoms with van der Waals surface area (Å²) < 4.78 is 0. The van der Waals surface area contributed by atoms with Crippen molar-refractivity contribution in [2.24, 2.45) is 11.7 Å². The molecular weight excluding hydrogens is 228 g/mol. The van der Waals surface area contributed by atoms with Gasteiger partial charge in [0.2, 0.25) is 0 Å². The quantitative estimate of drug-likeness (QED) is 0.867. The fourth-order valence-electron chi connectivity index (χ4n) is 2.69. The molecule has 0 spiro atoms. The van der Waals surface area contributed by atoms with Gasteiger partial charge in [0, 0.05) is 17.7 Å². The van der Waals surface area contributed by atoms with Crippen molar-refractivity contribution >= 4 is 11.3 Å². The lowest BCUT2D eigenvalue weighted by molar-refractivity contribution is 0.436. The minimum atomic E-state index is 0.672. The molecule has 0 aromatic carbocycles. The second-order valence-electron chi connectivity index (χ2n) is 5.39. The summed E-state index contributed by atoms with van der Waals surface area (Å²) >= 11 is 1.85. The first-order valence-corrected chi connectivity index (χ1v) is 7.82. The highest BCUT2D eigenvalue weighted by Gasteiger charge is 2.18. The average Bonchev–Trinajstić information content (AvgIpc) is 2.79. The van der Waals surface area contributed by atoms with Crippen molar-refractivity contribution in [1.82, 2.24) is 4.98 Å². The van der Waals surface area contributed by atoms with E-state index in [4.69, 9.17) is 10.7 Å². The van der Waals surface area contributed by atoms with Gasteiger partial charge < -0.3 is 5.73 Å². The lowest BCUT2D eigenvalue weighted by Crippen LogP contribution is -2.08. The van der Waals surface area contributed by atoms with Crippen LogP contribution in [0.4, 0.5) is 0 Å². The van der Waals surface area contributed by atoms with E-state index in [9.17, 15) is 0 Å². The first kappa shape index (κ1) is 13.0. The highest BCUT2D eigenvalue weighted by molar-refractivity contribution is 7.09. The van der Waals surface area contributed by atoms with Gasteiger partial charge in [-0.3, -0.25) is 0 Å². The summed E-state index contributed by atoms with van der Waals surface area (Å²) in [6.45, 7) is 3.07. The Balaban J connectivity index is 1.90. The molecule has 1 aromatic rings. The Morgan fingerprint density at radius 3 is 2.88 bits per heavy atom. The maximum atomic E-state index is 5.59. The van der Waals surface area contributed by atoms with E-state index in [2.05, 4.69) is 12.3 Å². The summed E-state index contributed by atoms with van der Waals surface area (Å²) in [7, 11) is 0. The van der Waals surface area contributed by atoms with Crippen LogP contribution in [0.1, 0.15) is 62.1 Å². The van der Waals surface area contributed by atoms with E-state index in [1.54, 1.807) is 0 Å². The van der Waals surface area contributed by atoms with Crippen molar-refractivity contribution in [3.05, 3.63) is 16.1 Å². The highest BCUT2D eigenvalue weighted by Crippen LogP contribution is 2.33. The Bertz CT molecular complexity index is 329. The summed E-state index contributed by atoms with van der Waals surface area (Å²) in [4.78, 5) is 4.83. The number of hydrogen-bond acceptors (Lipinski definition) is 3. The number of thiazole rings is 1. The number of nitrogens with zero attached hydrogens (tertiary/aromatic N) is 1. The molecular formula is C14H24N2S. The molecule has 2 N–H and O–H groups in total. The number of rotatable bonds is 5. The first-order valence-electron chi connectivity index (χ1n) is 6.94. The van der Waals surface area contributed by atoms with Crippen molar-refractivity contribution in [1.29, 1.82) is 0 Å². The first-order chi connectivity index (χ1) is 8.29. The zero-order valence-corrected chi connectivity index (χ0v) is 11.6. The van der Waals surface area contributed by atoms with Gasteiger partial charge in [-0.15, -0.1) is 11.3 Å². The monoisotopic (exact) mass is 252 g/mol. The largest absolute Gasteiger partial charge is 0.330 e. The van der Waals surface area contributed by atoms with Gasteiger partial charge in [-0.25, -0.2) is 4.98 Å². The second kappa shape index (κ2) is 6.50. The van der Waals surface area contributed by atoms with Gasteiger partial charge in [-0.2, -0.15) is 0 Å². The molecule has 1 unspecified atom stereocenters. The molecule has 0 aliphatic heterocycles. The molecule has 17 heavy (non-hydrogen) atoms. The van der Waals surface area contributed by atoms with Gasteiger partial charge in [0.15, 0.2) is 0 Å². The summed E-state index contributed by atoms with van der Waals surface area (Å²) in [5, 5.41) is 3.60. The second-order valence-corrected chi connectivity index (χ2v) is 6.33. The van der Waals surface area contributed by atoms with E-state index >= 15 is 0 Å². The van der Waals surface area contributed by atoms with Crippen LogP contribution in [0, 0.1) is 5.92 Å². The molecule has 1 aromatic heterocycles. The third-order valence-electron chi connectivity index (χ3n) is 3.78. The van der Waals surface area contributed by atoms with Crippen molar-refractivity contribution in [3.8, 4) is 0 Å². The predicted octanol–water partition coefficient (Wildman–Crippen LogP) is 3.72. The van der Waals surface area contributed by atoms with Crippen molar-refractivity contribution < 1.29 is 0 Å². The average molecular weight is 252 g/mol. The van der Waals surface area contributed by atoms with Crippen LogP contribution < -0.4 is 5.73 Å². The van der Waals surface area contributed by atoms with E-state index in [1.165, 1.54) is 42.8 Å². The number of hydrogen-bond donors (Lipinski definition) is 1. The molecule has 2 rings (SSSR count). The molecule has 1 heterocycles.